The second-order valence-electron chi connectivity index (χ2n) is 5.68. The van der Waals surface area contributed by atoms with Crippen molar-refractivity contribution in [1.29, 1.82) is 0 Å². The van der Waals surface area contributed by atoms with E-state index in [-0.39, 0.29) is 5.91 Å². The number of aromatic nitrogens is 4. The molecule has 0 bridgehead atoms. The summed E-state index contributed by atoms with van der Waals surface area (Å²) in [7, 11) is 0. The first-order chi connectivity index (χ1) is 10.2. The van der Waals surface area contributed by atoms with E-state index in [1.807, 2.05) is 36.5 Å². The zero-order valence-corrected chi connectivity index (χ0v) is 12.4. The van der Waals surface area contributed by atoms with Crippen LogP contribution in [0.2, 0.25) is 0 Å². The van der Waals surface area contributed by atoms with Crippen LogP contribution in [-0.2, 0) is 17.9 Å². The molecule has 0 saturated carbocycles. The van der Waals surface area contributed by atoms with E-state index in [1.54, 1.807) is 10.9 Å². The molecule has 6 heteroatoms. The van der Waals surface area contributed by atoms with E-state index >= 15 is 0 Å². The Kier molecular flexibility index (Phi) is 4.03. The third-order valence-electron chi connectivity index (χ3n) is 4.11. The van der Waals surface area contributed by atoms with Crippen molar-refractivity contribution < 1.29 is 4.79 Å². The highest BCUT2D eigenvalue weighted by molar-refractivity contribution is 5.76. The molecule has 1 amide bonds. The molecule has 21 heavy (non-hydrogen) atoms. The molecule has 2 aromatic rings. The van der Waals surface area contributed by atoms with Gasteiger partial charge < -0.3 is 9.47 Å². The van der Waals surface area contributed by atoms with Crippen LogP contribution in [0.4, 0.5) is 0 Å². The van der Waals surface area contributed by atoms with Crippen LogP contribution < -0.4 is 0 Å². The van der Waals surface area contributed by atoms with E-state index in [0.717, 1.165) is 31.9 Å². The molecular weight excluding hydrogens is 266 g/mol. The number of likely N-dealkylation sites (tertiary alicyclic amines) is 1. The lowest BCUT2D eigenvalue weighted by Gasteiger charge is -2.33. The average Bonchev–Trinajstić information content (AvgIpc) is 3.12. The maximum atomic E-state index is 12.3. The Labute approximate surface area is 124 Å². The average molecular weight is 287 g/mol. The first-order valence-corrected chi connectivity index (χ1v) is 7.45. The van der Waals surface area contributed by atoms with Crippen molar-refractivity contribution in [1.82, 2.24) is 24.2 Å². The smallest absolute Gasteiger partial charge is 0.244 e. The number of amides is 1. The van der Waals surface area contributed by atoms with Gasteiger partial charge >= 0.3 is 0 Å². The van der Waals surface area contributed by atoms with Gasteiger partial charge in [-0.3, -0.25) is 9.48 Å². The molecule has 0 N–H and O–H groups in total. The molecule has 0 aromatic carbocycles. The lowest BCUT2D eigenvalue weighted by atomic mass is 9.98. The van der Waals surface area contributed by atoms with Crippen molar-refractivity contribution in [3.63, 3.8) is 0 Å². The molecule has 1 fully saturated rings. The maximum absolute atomic E-state index is 12.3. The fourth-order valence-electron chi connectivity index (χ4n) is 2.95. The van der Waals surface area contributed by atoms with Crippen molar-refractivity contribution >= 4 is 5.91 Å². The quantitative estimate of drug-likeness (QED) is 0.852. The molecule has 0 unspecified atom stereocenters. The number of aryl methyl sites for hydroxylation is 1. The SMILES string of the molecule is Cc1nccn1C[C@H]1CCCN(C(=O)Cn2cccn2)C1. The van der Waals surface area contributed by atoms with Gasteiger partial charge in [-0.25, -0.2) is 4.98 Å². The van der Waals surface area contributed by atoms with Crippen LogP contribution in [-0.4, -0.2) is 43.2 Å². The number of carbonyl (C=O) groups is 1. The Hall–Kier alpha value is -2.11. The van der Waals surface area contributed by atoms with Crippen LogP contribution in [0.3, 0.4) is 0 Å². The lowest BCUT2D eigenvalue weighted by Crippen LogP contribution is -2.42. The molecule has 0 radical (unpaired) electrons. The predicted molar refractivity (Wildman–Crippen MR) is 78.5 cm³/mol. The standard InChI is InChI=1S/C15H21N5O/c1-13-16-6-9-18(13)10-14-4-2-7-19(11-14)15(21)12-20-8-3-5-17-20/h3,5-6,8-9,14H,2,4,7,10-12H2,1H3/t14-/m1/s1. The number of carbonyl (C=O) groups excluding carboxylic acids is 1. The molecule has 3 rings (SSSR count). The van der Waals surface area contributed by atoms with Crippen molar-refractivity contribution in [2.75, 3.05) is 13.1 Å². The van der Waals surface area contributed by atoms with Crippen LogP contribution in [0.5, 0.6) is 0 Å². The van der Waals surface area contributed by atoms with E-state index in [4.69, 9.17) is 0 Å². The summed E-state index contributed by atoms with van der Waals surface area (Å²) in [5.74, 6) is 1.70. The minimum Gasteiger partial charge on any atom is -0.341 e. The number of hydrogen-bond donors (Lipinski definition) is 0. The number of rotatable bonds is 4. The summed E-state index contributed by atoms with van der Waals surface area (Å²) in [5, 5.41) is 4.10. The molecule has 0 spiro atoms. The first-order valence-electron chi connectivity index (χ1n) is 7.45. The second kappa shape index (κ2) is 6.11. The third-order valence-corrected chi connectivity index (χ3v) is 4.11. The van der Waals surface area contributed by atoms with Gasteiger partial charge in [0.15, 0.2) is 0 Å². The van der Waals surface area contributed by atoms with Gasteiger partial charge in [-0.2, -0.15) is 5.10 Å². The Morgan fingerprint density at radius 1 is 1.38 bits per heavy atom. The van der Waals surface area contributed by atoms with Crippen molar-refractivity contribution in [3.05, 3.63) is 36.7 Å². The molecule has 1 atom stereocenters. The molecule has 1 aliphatic rings. The monoisotopic (exact) mass is 287 g/mol. The van der Waals surface area contributed by atoms with Crippen molar-refractivity contribution in [3.8, 4) is 0 Å². The highest BCUT2D eigenvalue weighted by Gasteiger charge is 2.24. The minimum absolute atomic E-state index is 0.158. The lowest BCUT2D eigenvalue weighted by molar-refractivity contribution is -0.134. The largest absolute Gasteiger partial charge is 0.341 e. The van der Waals surface area contributed by atoms with Gasteiger partial charge in [0.2, 0.25) is 5.91 Å². The van der Waals surface area contributed by atoms with Crippen LogP contribution >= 0.6 is 0 Å². The normalized spacial score (nSPS) is 18.9. The van der Waals surface area contributed by atoms with Crippen LogP contribution in [0.15, 0.2) is 30.9 Å². The zero-order valence-electron chi connectivity index (χ0n) is 12.4. The Bertz CT molecular complexity index is 589. The predicted octanol–water partition coefficient (Wildman–Crippen LogP) is 1.33. The van der Waals surface area contributed by atoms with Gasteiger partial charge in [-0.1, -0.05) is 0 Å². The maximum Gasteiger partial charge on any atom is 0.244 e. The first kappa shape index (κ1) is 13.9. The molecule has 0 aliphatic carbocycles. The summed E-state index contributed by atoms with van der Waals surface area (Å²) in [4.78, 5) is 18.6. The van der Waals surface area contributed by atoms with Gasteiger partial charge in [0, 0.05) is 44.4 Å². The van der Waals surface area contributed by atoms with E-state index in [2.05, 4.69) is 14.6 Å². The number of nitrogens with zero attached hydrogens (tertiary/aromatic N) is 5. The molecule has 1 saturated heterocycles. The fraction of sp³-hybridized carbons (Fsp3) is 0.533. The summed E-state index contributed by atoms with van der Waals surface area (Å²) >= 11 is 0. The highest BCUT2D eigenvalue weighted by Crippen LogP contribution is 2.19. The molecule has 112 valence electrons. The van der Waals surface area contributed by atoms with Gasteiger partial charge in [0.25, 0.3) is 0 Å². The zero-order chi connectivity index (χ0) is 14.7. The summed E-state index contributed by atoms with van der Waals surface area (Å²) in [6.07, 6.45) is 9.62. The summed E-state index contributed by atoms with van der Waals surface area (Å²) in [6, 6.07) is 1.84. The molecule has 2 aromatic heterocycles. The van der Waals surface area contributed by atoms with E-state index in [0.29, 0.717) is 12.5 Å². The molecule has 3 heterocycles. The van der Waals surface area contributed by atoms with E-state index in [9.17, 15) is 4.79 Å². The highest BCUT2D eigenvalue weighted by atomic mass is 16.2. The molecule has 1 aliphatic heterocycles. The number of piperidine rings is 1. The number of imidazole rings is 1. The molecular formula is C15H21N5O. The minimum atomic E-state index is 0.158. The van der Waals surface area contributed by atoms with E-state index < -0.39 is 0 Å². The van der Waals surface area contributed by atoms with Gasteiger partial charge in [0.1, 0.15) is 12.4 Å². The summed E-state index contributed by atoms with van der Waals surface area (Å²) < 4.78 is 3.86. The Balaban J connectivity index is 1.57. The Morgan fingerprint density at radius 2 is 2.29 bits per heavy atom. The van der Waals surface area contributed by atoms with Crippen LogP contribution in [0, 0.1) is 12.8 Å². The van der Waals surface area contributed by atoms with Gasteiger partial charge in [0.05, 0.1) is 0 Å². The van der Waals surface area contributed by atoms with E-state index in [1.165, 1.54) is 6.42 Å². The molecule has 6 nitrogen and oxygen atoms in total. The number of hydrogen-bond acceptors (Lipinski definition) is 3. The summed E-state index contributed by atoms with van der Waals surface area (Å²) in [5.41, 5.74) is 0. The van der Waals surface area contributed by atoms with Crippen LogP contribution in [0.1, 0.15) is 18.7 Å². The van der Waals surface area contributed by atoms with Gasteiger partial charge in [-0.15, -0.1) is 0 Å². The Morgan fingerprint density at radius 3 is 3.00 bits per heavy atom. The fourth-order valence-corrected chi connectivity index (χ4v) is 2.95. The van der Waals surface area contributed by atoms with Crippen molar-refractivity contribution in [2.45, 2.75) is 32.9 Å². The van der Waals surface area contributed by atoms with Crippen LogP contribution in [0.25, 0.3) is 0 Å². The topological polar surface area (TPSA) is 56.0 Å². The van der Waals surface area contributed by atoms with Gasteiger partial charge in [-0.05, 0) is 31.7 Å². The summed E-state index contributed by atoms with van der Waals surface area (Å²) in [6.45, 7) is 4.99. The second-order valence-corrected chi connectivity index (χ2v) is 5.68. The third kappa shape index (κ3) is 3.32. The van der Waals surface area contributed by atoms with Crippen molar-refractivity contribution in [2.24, 2.45) is 5.92 Å².